The smallest absolute Gasteiger partial charge is 0.373 e. The Labute approximate surface area is 160 Å². The van der Waals surface area contributed by atoms with Gasteiger partial charge < -0.3 is 19.1 Å². The van der Waals surface area contributed by atoms with Crippen LogP contribution in [0.15, 0.2) is 54.4 Å². The molecule has 0 aliphatic rings. The molecule has 0 atom stereocenters. The van der Waals surface area contributed by atoms with E-state index in [0.717, 1.165) is 23.7 Å². The number of carbonyl (C=O) groups is 1. The van der Waals surface area contributed by atoms with Crippen LogP contribution >= 0.6 is 0 Å². The van der Waals surface area contributed by atoms with Gasteiger partial charge in [0.1, 0.15) is 18.2 Å². The van der Waals surface area contributed by atoms with E-state index in [1.165, 1.54) is 0 Å². The third-order valence-electron chi connectivity index (χ3n) is 3.69. The highest BCUT2D eigenvalue weighted by atomic mass is 16.6. The molecule has 1 aromatic heterocycles. The van der Waals surface area contributed by atoms with Gasteiger partial charge >= 0.3 is 5.97 Å². The van der Waals surface area contributed by atoms with Gasteiger partial charge in [-0.25, -0.2) is 9.78 Å². The van der Waals surface area contributed by atoms with Gasteiger partial charge in [-0.15, -0.1) is 0 Å². The molecule has 0 aliphatic carbocycles. The quantitative estimate of drug-likeness (QED) is 0.362. The van der Waals surface area contributed by atoms with Crippen molar-refractivity contribution >= 4 is 17.9 Å². The highest BCUT2D eigenvalue weighted by Crippen LogP contribution is 2.16. The maximum Gasteiger partial charge on any atom is 0.373 e. The summed E-state index contributed by atoms with van der Waals surface area (Å²) in [4.78, 5) is 18.2. The summed E-state index contributed by atoms with van der Waals surface area (Å²) in [5, 5.41) is 0. The lowest BCUT2D eigenvalue weighted by Gasteiger charge is -2.18. The minimum absolute atomic E-state index is 0.199. The summed E-state index contributed by atoms with van der Waals surface area (Å²) in [6, 6.07) is 13.3. The van der Waals surface area contributed by atoms with Crippen molar-refractivity contribution in [3.05, 3.63) is 60.0 Å². The van der Waals surface area contributed by atoms with Gasteiger partial charge in [0.15, 0.2) is 0 Å². The first-order valence-electron chi connectivity index (χ1n) is 9.00. The maximum atomic E-state index is 11.9. The Bertz CT molecular complexity index is 730. The molecule has 0 saturated heterocycles. The lowest BCUT2D eigenvalue weighted by atomic mass is 10.2. The number of hydrogen-bond acceptors (Lipinski definition) is 6. The van der Waals surface area contributed by atoms with Crippen molar-refractivity contribution in [1.82, 2.24) is 4.98 Å². The Kier molecular flexibility index (Phi) is 8.16. The maximum absolute atomic E-state index is 11.9. The predicted octanol–water partition coefficient (Wildman–Crippen LogP) is 3.54. The van der Waals surface area contributed by atoms with Crippen LogP contribution in [-0.4, -0.2) is 44.4 Å². The summed E-state index contributed by atoms with van der Waals surface area (Å²) in [5.74, 6) is 1.40. The van der Waals surface area contributed by atoms with Gasteiger partial charge in [-0.2, -0.15) is 0 Å². The Morgan fingerprint density at radius 3 is 2.44 bits per heavy atom. The number of esters is 1. The van der Waals surface area contributed by atoms with Gasteiger partial charge in [-0.05, 0) is 49.8 Å². The van der Waals surface area contributed by atoms with Crippen molar-refractivity contribution in [2.45, 2.75) is 13.8 Å². The average molecular weight is 370 g/mol. The lowest BCUT2D eigenvalue weighted by molar-refractivity contribution is -0.142. The number of anilines is 1. The number of pyridine rings is 1. The molecule has 1 heterocycles. The first kappa shape index (κ1) is 20.3. The van der Waals surface area contributed by atoms with Gasteiger partial charge in [0, 0.05) is 13.2 Å². The molecule has 27 heavy (non-hydrogen) atoms. The number of rotatable bonds is 10. The van der Waals surface area contributed by atoms with Crippen molar-refractivity contribution in [3.8, 4) is 5.75 Å². The van der Waals surface area contributed by atoms with Crippen LogP contribution in [-0.2, 0) is 14.3 Å². The first-order valence-corrected chi connectivity index (χ1v) is 9.00. The van der Waals surface area contributed by atoms with E-state index in [1.54, 1.807) is 19.2 Å². The van der Waals surface area contributed by atoms with Gasteiger partial charge in [0.2, 0.25) is 5.76 Å². The van der Waals surface area contributed by atoms with Gasteiger partial charge in [-0.1, -0.05) is 18.2 Å². The third kappa shape index (κ3) is 6.66. The van der Waals surface area contributed by atoms with Gasteiger partial charge in [0.05, 0.1) is 19.8 Å². The molecule has 0 radical (unpaired) electrons. The zero-order valence-corrected chi connectivity index (χ0v) is 16.1. The van der Waals surface area contributed by atoms with Crippen molar-refractivity contribution < 1.29 is 19.0 Å². The van der Waals surface area contributed by atoms with Crippen LogP contribution in [0.5, 0.6) is 5.75 Å². The Hall–Kier alpha value is -3.02. The number of hydrogen-bond donors (Lipinski definition) is 0. The second-order valence-corrected chi connectivity index (χ2v) is 5.69. The zero-order valence-electron chi connectivity index (χ0n) is 16.1. The molecule has 0 amide bonds. The molecule has 0 bridgehead atoms. The van der Waals surface area contributed by atoms with E-state index in [2.05, 4.69) is 4.98 Å². The molecular formula is C21H26N2O4. The minimum Gasteiger partial charge on any atom is -0.492 e. The summed E-state index contributed by atoms with van der Waals surface area (Å²) in [6.45, 7) is 5.55. The summed E-state index contributed by atoms with van der Waals surface area (Å²) in [7, 11) is 1.98. The molecule has 0 fully saturated rings. The largest absolute Gasteiger partial charge is 0.492 e. The SMILES string of the molecule is CCOC(=O)/C(=C\c1ccc(OCCN(C)c2ccccn2)cc1)OCC. The molecule has 0 unspecified atom stereocenters. The van der Waals surface area contributed by atoms with Crippen LogP contribution < -0.4 is 9.64 Å². The number of ether oxygens (including phenoxy) is 3. The number of benzene rings is 1. The van der Waals surface area contributed by atoms with Crippen molar-refractivity contribution in [1.29, 1.82) is 0 Å². The molecule has 0 aliphatic heterocycles. The monoisotopic (exact) mass is 370 g/mol. The van der Waals surface area contributed by atoms with Gasteiger partial charge in [-0.3, -0.25) is 0 Å². The van der Waals surface area contributed by atoms with E-state index in [1.807, 2.05) is 61.3 Å². The molecule has 6 nitrogen and oxygen atoms in total. The highest BCUT2D eigenvalue weighted by molar-refractivity contribution is 5.91. The number of aromatic nitrogens is 1. The van der Waals surface area contributed by atoms with Crippen molar-refractivity contribution in [3.63, 3.8) is 0 Å². The second-order valence-electron chi connectivity index (χ2n) is 5.69. The zero-order chi connectivity index (χ0) is 19.5. The van der Waals surface area contributed by atoms with Crippen LogP contribution in [0, 0.1) is 0 Å². The molecule has 2 aromatic rings. The van der Waals surface area contributed by atoms with Crippen molar-refractivity contribution in [2.75, 3.05) is 38.3 Å². The molecule has 0 N–H and O–H groups in total. The Morgan fingerprint density at radius 1 is 1.07 bits per heavy atom. The minimum atomic E-state index is -0.461. The molecule has 6 heteroatoms. The molecule has 0 spiro atoms. The fourth-order valence-electron chi connectivity index (χ4n) is 2.32. The fourth-order valence-corrected chi connectivity index (χ4v) is 2.32. The van der Waals surface area contributed by atoms with E-state index in [4.69, 9.17) is 14.2 Å². The summed E-state index contributed by atoms with van der Waals surface area (Å²) in [5.41, 5.74) is 0.837. The summed E-state index contributed by atoms with van der Waals surface area (Å²) < 4.78 is 16.1. The van der Waals surface area contributed by atoms with Crippen LogP contribution in [0.1, 0.15) is 19.4 Å². The van der Waals surface area contributed by atoms with E-state index in [0.29, 0.717) is 19.8 Å². The number of nitrogens with zero attached hydrogens (tertiary/aromatic N) is 2. The van der Waals surface area contributed by atoms with E-state index >= 15 is 0 Å². The first-order chi connectivity index (χ1) is 13.1. The molecule has 144 valence electrons. The Balaban J connectivity index is 1.90. The van der Waals surface area contributed by atoms with E-state index in [9.17, 15) is 4.79 Å². The summed E-state index contributed by atoms with van der Waals surface area (Å²) >= 11 is 0. The number of likely N-dealkylation sites (N-methyl/N-ethyl adjacent to an activating group) is 1. The Morgan fingerprint density at radius 2 is 1.81 bits per heavy atom. The molecule has 2 rings (SSSR count). The summed E-state index contributed by atoms with van der Waals surface area (Å²) in [6.07, 6.45) is 3.44. The fraction of sp³-hybridized carbons (Fsp3) is 0.333. The van der Waals surface area contributed by atoms with Gasteiger partial charge in [0.25, 0.3) is 0 Å². The van der Waals surface area contributed by atoms with Crippen molar-refractivity contribution in [2.24, 2.45) is 0 Å². The van der Waals surface area contributed by atoms with E-state index < -0.39 is 5.97 Å². The highest BCUT2D eigenvalue weighted by Gasteiger charge is 2.11. The normalized spacial score (nSPS) is 11.0. The molecule has 1 aromatic carbocycles. The second kappa shape index (κ2) is 10.9. The average Bonchev–Trinajstić information content (AvgIpc) is 2.69. The molecule has 0 saturated carbocycles. The molecular weight excluding hydrogens is 344 g/mol. The van der Waals surface area contributed by atoms with E-state index in [-0.39, 0.29) is 5.76 Å². The lowest BCUT2D eigenvalue weighted by Crippen LogP contribution is -2.24. The third-order valence-corrected chi connectivity index (χ3v) is 3.69. The van der Waals surface area contributed by atoms with Crippen LogP contribution in [0.3, 0.4) is 0 Å². The van der Waals surface area contributed by atoms with Crippen LogP contribution in [0.2, 0.25) is 0 Å². The van der Waals surface area contributed by atoms with Crippen LogP contribution in [0.4, 0.5) is 5.82 Å². The topological polar surface area (TPSA) is 60.9 Å². The predicted molar refractivity (Wildman–Crippen MR) is 106 cm³/mol. The van der Waals surface area contributed by atoms with Crippen LogP contribution in [0.25, 0.3) is 6.08 Å². The number of carbonyl (C=O) groups excluding carboxylic acids is 1. The standard InChI is InChI=1S/C21H26N2O4/c1-4-25-19(21(24)26-5-2)16-17-9-11-18(12-10-17)27-15-14-23(3)20-8-6-7-13-22-20/h6-13,16H,4-5,14-15H2,1-3H3/b19-16+.